The molecule has 6 heteroatoms. The van der Waals surface area contributed by atoms with Gasteiger partial charge in [-0.15, -0.1) is 0 Å². The summed E-state index contributed by atoms with van der Waals surface area (Å²) in [5.41, 5.74) is 5.38. The number of rotatable bonds is 7. The normalized spacial score (nSPS) is 12.5. The summed E-state index contributed by atoms with van der Waals surface area (Å²) >= 11 is 0. The van der Waals surface area contributed by atoms with E-state index in [1.54, 1.807) is 17.1 Å². The van der Waals surface area contributed by atoms with E-state index in [0.717, 1.165) is 12.8 Å². The summed E-state index contributed by atoms with van der Waals surface area (Å²) in [5.74, 6) is 0.0411. The highest BCUT2D eigenvalue weighted by Crippen LogP contribution is 2.44. The number of aromatic nitrogens is 2. The van der Waals surface area contributed by atoms with Gasteiger partial charge < -0.3 is 9.84 Å². The number of ether oxygens (including phenoxy) is 1. The zero-order chi connectivity index (χ0) is 19.3. The van der Waals surface area contributed by atoms with Gasteiger partial charge in [-0.2, -0.15) is 5.10 Å². The predicted octanol–water partition coefficient (Wildman–Crippen LogP) is 4.02. The van der Waals surface area contributed by atoms with Crippen molar-refractivity contribution in [2.75, 3.05) is 18.5 Å². The van der Waals surface area contributed by atoms with Crippen molar-refractivity contribution in [3.8, 4) is 11.1 Å². The van der Waals surface area contributed by atoms with Crippen LogP contribution in [-0.2, 0) is 11.3 Å². The maximum atomic E-state index is 12.3. The van der Waals surface area contributed by atoms with Gasteiger partial charge in [0.1, 0.15) is 6.61 Å². The number of benzene rings is 2. The molecule has 4 rings (SSSR count). The molecule has 0 fully saturated rings. The summed E-state index contributed by atoms with van der Waals surface area (Å²) in [7, 11) is 0. The van der Waals surface area contributed by atoms with Crippen molar-refractivity contribution in [1.29, 1.82) is 0 Å². The van der Waals surface area contributed by atoms with E-state index in [9.17, 15) is 4.79 Å². The van der Waals surface area contributed by atoms with Crippen LogP contribution in [0.3, 0.4) is 0 Å². The van der Waals surface area contributed by atoms with Crippen LogP contribution >= 0.6 is 0 Å². The Morgan fingerprint density at radius 3 is 2.43 bits per heavy atom. The number of aliphatic hydroxyl groups excluding tert-OH is 1. The lowest BCUT2D eigenvalue weighted by molar-refractivity contribution is 0.158. The van der Waals surface area contributed by atoms with Crippen LogP contribution in [-0.4, -0.2) is 34.2 Å². The number of aryl methyl sites for hydroxylation is 1. The van der Waals surface area contributed by atoms with Gasteiger partial charge in [-0.05, 0) is 35.1 Å². The molecule has 2 aromatic carbocycles. The lowest BCUT2D eigenvalue weighted by Gasteiger charge is -2.14. The third-order valence-corrected chi connectivity index (χ3v) is 5.02. The summed E-state index contributed by atoms with van der Waals surface area (Å²) in [6.45, 7) is 1.16. The quantitative estimate of drug-likeness (QED) is 0.610. The van der Waals surface area contributed by atoms with Crippen LogP contribution in [0.4, 0.5) is 10.5 Å². The first-order valence-corrected chi connectivity index (χ1v) is 9.51. The second-order valence-electron chi connectivity index (χ2n) is 6.87. The Bertz CT molecular complexity index is 921. The third-order valence-electron chi connectivity index (χ3n) is 5.02. The van der Waals surface area contributed by atoms with Crippen LogP contribution in [0, 0.1) is 0 Å². The number of nitrogens with zero attached hydrogens (tertiary/aromatic N) is 2. The Hall–Kier alpha value is -3.12. The SMILES string of the molecule is O=C(Nc1cnn(CCCCO)c1)OCC1c2ccccc2-c2ccccc21. The standard InChI is InChI=1S/C22H23N3O3/c26-12-6-5-11-25-14-16(13-23-25)24-22(27)28-15-21-19-9-3-1-7-17(19)18-8-2-4-10-20(18)21/h1-4,7-10,13-14,21,26H,5-6,11-12,15H2,(H,24,27). The van der Waals surface area contributed by atoms with Crippen molar-refractivity contribution >= 4 is 11.8 Å². The molecule has 144 valence electrons. The van der Waals surface area contributed by atoms with Crippen molar-refractivity contribution in [1.82, 2.24) is 9.78 Å². The summed E-state index contributed by atoms with van der Waals surface area (Å²) in [5, 5.41) is 15.8. The Kier molecular flexibility index (Phi) is 5.39. The third kappa shape index (κ3) is 3.77. The van der Waals surface area contributed by atoms with Crippen LogP contribution in [0.15, 0.2) is 60.9 Å². The minimum absolute atomic E-state index is 0.0411. The topological polar surface area (TPSA) is 76.4 Å². The monoisotopic (exact) mass is 377 g/mol. The number of hydrogen-bond donors (Lipinski definition) is 2. The summed E-state index contributed by atoms with van der Waals surface area (Å²) in [6, 6.07) is 16.5. The smallest absolute Gasteiger partial charge is 0.411 e. The van der Waals surface area contributed by atoms with Crippen molar-refractivity contribution in [2.24, 2.45) is 0 Å². The molecule has 0 unspecified atom stereocenters. The molecule has 3 aromatic rings. The molecule has 2 N–H and O–H groups in total. The molecule has 28 heavy (non-hydrogen) atoms. The Labute approximate surface area is 163 Å². The highest BCUT2D eigenvalue weighted by molar-refractivity contribution is 5.84. The van der Waals surface area contributed by atoms with E-state index in [2.05, 4.69) is 34.7 Å². The number of hydrogen-bond acceptors (Lipinski definition) is 4. The zero-order valence-corrected chi connectivity index (χ0v) is 15.5. The Morgan fingerprint density at radius 1 is 1.07 bits per heavy atom. The fourth-order valence-electron chi connectivity index (χ4n) is 3.69. The number of carbonyl (C=O) groups is 1. The second kappa shape index (κ2) is 8.27. The van der Waals surface area contributed by atoms with Crippen LogP contribution in [0.5, 0.6) is 0 Å². The summed E-state index contributed by atoms with van der Waals surface area (Å²) in [4.78, 5) is 12.3. The molecule has 0 saturated carbocycles. The number of aliphatic hydroxyl groups is 1. The second-order valence-corrected chi connectivity index (χ2v) is 6.87. The van der Waals surface area contributed by atoms with Gasteiger partial charge >= 0.3 is 6.09 Å². The molecular weight excluding hydrogens is 354 g/mol. The number of unbranched alkanes of at least 4 members (excludes halogenated alkanes) is 1. The molecule has 0 radical (unpaired) electrons. The fraction of sp³-hybridized carbons (Fsp3) is 0.273. The summed E-state index contributed by atoms with van der Waals surface area (Å²) < 4.78 is 7.28. The zero-order valence-electron chi connectivity index (χ0n) is 15.5. The Balaban J connectivity index is 1.38. The van der Waals surface area contributed by atoms with E-state index in [4.69, 9.17) is 9.84 Å². The van der Waals surface area contributed by atoms with E-state index < -0.39 is 6.09 Å². The van der Waals surface area contributed by atoms with E-state index in [1.165, 1.54) is 22.3 Å². The van der Waals surface area contributed by atoms with Crippen molar-refractivity contribution in [2.45, 2.75) is 25.3 Å². The van der Waals surface area contributed by atoms with Crippen LogP contribution in [0.1, 0.15) is 29.9 Å². The van der Waals surface area contributed by atoms with Gasteiger partial charge in [0.2, 0.25) is 0 Å². The number of anilines is 1. The van der Waals surface area contributed by atoms with Gasteiger partial charge in [-0.25, -0.2) is 4.79 Å². The van der Waals surface area contributed by atoms with Crippen LogP contribution in [0.2, 0.25) is 0 Å². The Morgan fingerprint density at radius 2 is 1.75 bits per heavy atom. The van der Waals surface area contributed by atoms with Crippen LogP contribution < -0.4 is 5.32 Å². The first kappa shape index (κ1) is 18.3. The lowest BCUT2D eigenvalue weighted by atomic mass is 9.98. The molecule has 0 bridgehead atoms. The molecule has 0 aliphatic heterocycles. The van der Waals surface area contributed by atoms with Crippen molar-refractivity contribution < 1.29 is 14.6 Å². The van der Waals surface area contributed by atoms with Gasteiger partial charge in [-0.3, -0.25) is 10.00 Å². The molecule has 1 heterocycles. The van der Waals surface area contributed by atoms with Gasteiger partial charge in [0.25, 0.3) is 0 Å². The van der Waals surface area contributed by atoms with E-state index >= 15 is 0 Å². The average molecular weight is 377 g/mol. The maximum absolute atomic E-state index is 12.3. The summed E-state index contributed by atoms with van der Waals surface area (Å²) in [6.07, 6.45) is 4.44. The van der Waals surface area contributed by atoms with E-state index in [0.29, 0.717) is 12.2 Å². The maximum Gasteiger partial charge on any atom is 0.411 e. The molecule has 1 aliphatic rings. The average Bonchev–Trinajstić information content (AvgIpc) is 3.29. The van der Waals surface area contributed by atoms with Crippen molar-refractivity contribution in [3.05, 3.63) is 72.1 Å². The first-order valence-electron chi connectivity index (χ1n) is 9.51. The number of carbonyl (C=O) groups excluding carboxylic acids is 1. The number of amides is 1. The largest absolute Gasteiger partial charge is 0.448 e. The molecule has 6 nitrogen and oxygen atoms in total. The highest BCUT2D eigenvalue weighted by atomic mass is 16.5. The minimum Gasteiger partial charge on any atom is -0.448 e. The highest BCUT2D eigenvalue weighted by Gasteiger charge is 2.29. The van der Waals surface area contributed by atoms with Gasteiger partial charge in [-0.1, -0.05) is 48.5 Å². The predicted molar refractivity (Wildman–Crippen MR) is 107 cm³/mol. The van der Waals surface area contributed by atoms with E-state index in [1.807, 2.05) is 24.3 Å². The first-order chi connectivity index (χ1) is 13.8. The molecule has 1 amide bonds. The molecule has 0 atom stereocenters. The molecule has 0 saturated heterocycles. The van der Waals surface area contributed by atoms with Gasteiger partial charge in [0.05, 0.1) is 11.9 Å². The lowest BCUT2D eigenvalue weighted by Crippen LogP contribution is -2.17. The number of nitrogens with one attached hydrogen (secondary N) is 1. The molecular formula is C22H23N3O3. The van der Waals surface area contributed by atoms with Gasteiger partial charge in [0.15, 0.2) is 0 Å². The van der Waals surface area contributed by atoms with Crippen molar-refractivity contribution in [3.63, 3.8) is 0 Å². The number of fused-ring (bicyclic) bond motifs is 3. The fourth-order valence-corrected chi connectivity index (χ4v) is 3.69. The van der Waals surface area contributed by atoms with Crippen LogP contribution in [0.25, 0.3) is 11.1 Å². The van der Waals surface area contributed by atoms with Gasteiger partial charge in [0, 0.05) is 25.3 Å². The molecule has 1 aliphatic carbocycles. The minimum atomic E-state index is -0.489. The molecule has 0 spiro atoms. The molecule has 1 aromatic heterocycles. The van der Waals surface area contributed by atoms with E-state index in [-0.39, 0.29) is 19.1 Å².